The number of alkyl halides is 11. The lowest BCUT2D eigenvalue weighted by Gasteiger charge is -2.51. The number of aliphatic hydroxyl groups is 1. The topological polar surface area (TPSA) is 37.3 Å². The van der Waals surface area contributed by atoms with Gasteiger partial charge in [-0.05, 0) is 18.2 Å². The average molecular weight is 464 g/mol. The number of benzene rings is 1. The molecule has 0 bridgehead atoms. The Morgan fingerprint density at radius 1 is 0.700 bits per heavy atom. The van der Waals surface area contributed by atoms with Crippen LogP contribution in [-0.2, 0) is 4.79 Å². The fourth-order valence-electron chi connectivity index (χ4n) is 2.49. The van der Waals surface area contributed by atoms with E-state index in [4.69, 9.17) is 0 Å². The van der Waals surface area contributed by atoms with Crippen LogP contribution >= 0.6 is 0 Å². The lowest BCUT2D eigenvalue weighted by Crippen LogP contribution is -2.85. The summed E-state index contributed by atoms with van der Waals surface area (Å²) in [6, 6.07) is 0.571. The second-order valence-corrected chi connectivity index (χ2v) is 6.05. The Morgan fingerprint density at radius 2 is 1.10 bits per heavy atom. The number of carbonyl (C=O) groups is 1. The first kappa shape index (κ1) is 23.8. The third-order valence-electron chi connectivity index (χ3n) is 4.27. The summed E-state index contributed by atoms with van der Waals surface area (Å²) in [7, 11) is 0. The first-order valence-electron chi connectivity index (χ1n) is 7.20. The van der Waals surface area contributed by atoms with Crippen molar-refractivity contribution < 1.29 is 67.0 Å². The fraction of sp³-hybridized carbons (Fsp3) is 0.400. The highest BCUT2D eigenvalue weighted by Gasteiger charge is 3.02. The number of ketones is 1. The van der Waals surface area contributed by atoms with Crippen molar-refractivity contribution in [1.29, 1.82) is 0 Å². The van der Waals surface area contributed by atoms with Crippen LogP contribution in [0.3, 0.4) is 0 Å². The van der Waals surface area contributed by atoms with Crippen LogP contribution in [0.5, 0.6) is 0 Å². The predicted octanol–water partition coefficient (Wildman–Crippen LogP) is 5.33. The summed E-state index contributed by atoms with van der Waals surface area (Å²) in [5, 5.41) is 9.43. The molecule has 1 aliphatic carbocycles. The van der Waals surface area contributed by atoms with Gasteiger partial charge in [0.15, 0.2) is 11.6 Å². The van der Waals surface area contributed by atoms with Crippen LogP contribution in [-0.4, -0.2) is 46.2 Å². The second-order valence-electron chi connectivity index (χ2n) is 6.05. The highest BCUT2D eigenvalue weighted by molar-refractivity contribution is 6.03. The number of rotatable bonds is 3. The van der Waals surface area contributed by atoms with Crippen LogP contribution in [0, 0.1) is 11.6 Å². The summed E-state index contributed by atoms with van der Waals surface area (Å²) in [6.07, 6.45) is -1.05. The van der Waals surface area contributed by atoms with Crippen molar-refractivity contribution in [2.45, 2.75) is 35.3 Å². The van der Waals surface area contributed by atoms with Crippen LogP contribution in [0.25, 0.3) is 5.76 Å². The second kappa shape index (κ2) is 6.26. The molecule has 1 N–H and O–H groups in total. The van der Waals surface area contributed by atoms with Crippen LogP contribution in [0.15, 0.2) is 24.3 Å². The van der Waals surface area contributed by atoms with Gasteiger partial charge in [0.05, 0.1) is 0 Å². The van der Waals surface area contributed by atoms with Crippen LogP contribution in [0.4, 0.5) is 57.1 Å². The van der Waals surface area contributed by atoms with Gasteiger partial charge in [-0.25, -0.2) is 13.2 Å². The van der Waals surface area contributed by atoms with E-state index >= 15 is 0 Å². The highest BCUT2D eigenvalue weighted by Crippen LogP contribution is 2.69. The van der Waals surface area contributed by atoms with Crippen molar-refractivity contribution in [2.75, 3.05) is 0 Å². The summed E-state index contributed by atoms with van der Waals surface area (Å²) in [5.41, 5.74) is -8.08. The minimum atomic E-state index is -7.51. The third kappa shape index (κ3) is 2.49. The number of allylic oxidation sites excluding steroid dienone is 1. The molecule has 15 heteroatoms. The molecule has 0 saturated heterocycles. The molecule has 1 aromatic rings. The zero-order valence-corrected chi connectivity index (χ0v) is 13.6. The Balaban J connectivity index is 2.72. The van der Waals surface area contributed by atoms with E-state index in [0.717, 1.165) is 0 Å². The van der Waals surface area contributed by atoms with E-state index in [2.05, 4.69) is 0 Å². The van der Waals surface area contributed by atoms with Gasteiger partial charge in [0.2, 0.25) is 5.78 Å². The molecule has 0 aromatic heterocycles. The maximum absolute atomic E-state index is 14.4. The Kier molecular flexibility index (Phi) is 4.97. The molecule has 0 atom stereocenters. The summed E-state index contributed by atoms with van der Waals surface area (Å²) in [6.45, 7) is 0. The molecule has 1 saturated carbocycles. The van der Waals surface area contributed by atoms with Gasteiger partial charge in [-0.1, -0.05) is 0 Å². The van der Waals surface area contributed by atoms with E-state index in [-0.39, 0.29) is 12.1 Å². The highest BCUT2D eigenvalue weighted by atomic mass is 19.4. The molecule has 0 radical (unpaired) electrons. The number of halogens is 13. The summed E-state index contributed by atoms with van der Waals surface area (Å²) >= 11 is 0. The standard InChI is InChI=1S/C15H5F13O2/c16-6-2-1-5(3-7(6)17)8(29)4-9(30)10(18)11(19,20)13(23,24)15(27,28)14(25,26)12(10,21)22/h1-4,29H/b8-4-. The molecule has 2 nitrogen and oxygen atoms in total. The van der Waals surface area contributed by atoms with Gasteiger partial charge < -0.3 is 5.11 Å². The quantitative estimate of drug-likeness (QED) is 0.373. The van der Waals surface area contributed by atoms with E-state index in [1.54, 1.807) is 0 Å². The van der Waals surface area contributed by atoms with E-state index in [1.807, 2.05) is 0 Å². The average Bonchev–Trinajstić information content (AvgIpc) is 2.61. The van der Waals surface area contributed by atoms with Crippen molar-refractivity contribution in [2.24, 2.45) is 0 Å². The minimum absolute atomic E-state index is 0.00608. The largest absolute Gasteiger partial charge is 0.507 e. The molecule has 1 aliphatic rings. The number of carbonyl (C=O) groups excluding carboxylic acids is 1. The summed E-state index contributed by atoms with van der Waals surface area (Å²) in [5.74, 6) is -46.3. The molecule has 2 rings (SSSR count). The van der Waals surface area contributed by atoms with Crippen molar-refractivity contribution in [1.82, 2.24) is 0 Å². The smallest absolute Gasteiger partial charge is 0.384 e. The Hall–Kier alpha value is -2.48. The molecule has 0 unspecified atom stereocenters. The number of hydrogen-bond acceptors (Lipinski definition) is 2. The molecule has 30 heavy (non-hydrogen) atoms. The normalized spacial score (nSPS) is 25.6. The van der Waals surface area contributed by atoms with Crippen LogP contribution < -0.4 is 0 Å². The molecule has 0 spiro atoms. The molecular formula is C15H5F13O2. The van der Waals surface area contributed by atoms with Gasteiger partial charge in [-0.15, -0.1) is 0 Å². The van der Waals surface area contributed by atoms with Gasteiger partial charge in [0.1, 0.15) is 5.76 Å². The van der Waals surface area contributed by atoms with Crippen molar-refractivity contribution in [3.8, 4) is 0 Å². The third-order valence-corrected chi connectivity index (χ3v) is 4.27. The number of aliphatic hydroxyl groups excluding tert-OH is 1. The molecule has 1 aromatic carbocycles. The van der Waals surface area contributed by atoms with E-state index < -0.39 is 70.1 Å². The predicted molar refractivity (Wildman–Crippen MR) is 70.5 cm³/mol. The summed E-state index contributed by atoms with van der Waals surface area (Å²) in [4.78, 5) is 11.6. The molecule has 0 heterocycles. The Bertz CT molecular complexity index is 889. The van der Waals surface area contributed by atoms with Crippen molar-refractivity contribution >= 4 is 11.5 Å². The Labute approximate surface area is 156 Å². The van der Waals surface area contributed by atoms with E-state index in [0.29, 0.717) is 6.07 Å². The number of hydrogen-bond donors (Lipinski definition) is 1. The van der Waals surface area contributed by atoms with Gasteiger partial charge in [0.25, 0.3) is 0 Å². The van der Waals surface area contributed by atoms with Gasteiger partial charge in [0, 0.05) is 11.6 Å². The lowest BCUT2D eigenvalue weighted by atomic mass is 9.70. The zero-order valence-electron chi connectivity index (χ0n) is 13.6. The first-order valence-corrected chi connectivity index (χ1v) is 7.20. The fourth-order valence-corrected chi connectivity index (χ4v) is 2.49. The zero-order chi connectivity index (χ0) is 23.7. The molecular weight excluding hydrogens is 459 g/mol. The van der Waals surface area contributed by atoms with E-state index in [9.17, 15) is 67.0 Å². The van der Waals surface area contributed by atoms with Gasteiger partial charge >= 0.3 is 35.3 Å². The van der Waals surface area contributed by atoms with E-state index in [1.165, 1.54) is 0 Å². The maximum Gasteiger partial charge on any atom is 0.384 e. The monoisotopic (exact) mass is 464 g/mol. The van der Waals surface area contributed by atoms with Crippen LogP contribution in [0.2, 0.25) is 0 Å². The molecule has 168 valence electrons. The molecule has 0 amide bonds. The van der Waals surface area contributed by atoms with Crippen molar-refractivity contribution in [3.05, 3.63) is 41.5 Å². The van der Waals surface area contributed by atoms with Crippen molar-refractivity contribution in [3.63, 3.8) is 0 Å². The van der Waals surface area contributed by atoms with Gasteiger partial charge in [-0.3, -0.25) is 4.79 Å². The first-order chi connectivity index (χ1) is 13.2. The maximum atomic E-state index is 14.4. The lowest BCUT2D eigenvalue weighted by molar-refractivity contribution is -0.475. The summed E-state index contributed by atoms with van der Waals surface area (Å²) < 4.78 is 175. The minimum Gasteiger partial charge on any atom is -0.507 e. The molecule has 0 aliphatic heterocycles. The SMILES string of the molecule is O=C(/C=C(\O)c1ccc(F)c(F)c1)C1(F)C(F)(F)C(F)(F)C(F)(F)C(F)(F)C1(F)F. The van der Waals surface area contributed by atoms with Crippen LogP contribution in [0.1, 0.15) is 5.56 Å². The van der Waals surface area contributed by atoms with Gasteiger partial charge in [-0.2, -0.15) is 43.9 Å². The Morgan fingerprint density at radius 3 is 1.50 bits per heavy atom. The molecule has 1 fully saturated rings.